The van der Waals surface area contributed by atoms with Crippen LogP contribution in [0.5, 0.6) is 0 Å². The van der Waals surface area contributed by atoms with Gasteiger partial charge in [0.15, 0.2) is 0 Å². The average Bonchev–Trinajstić information content (AvgIpc) is 2.87. The van der Waals surface area contributed by atoms with Crippen molar-refractivity contribution in [2.24, 2.45) is 5.41 Å². The zero-order chi connectivity index (χ0) is 10.9. The molecule has 1 fully saturated rings. The first-order chi connectivity index (χ1) is 7.21. The average molecular weight is 226 g/mol. The van der Waals surface area contributed by atoms with E-state index in [2.05, 4.69) is 28.3 Å². The second kappa shape index (κ2) is 3.94. The first-order valence-corrected chi connectivity index (χ1v) is 5.83. The van der Waals surface area contributed by atoms with Gasteiger partial charge in [0, 0.05) is 37.8 Å². The van der Waals surface area contributed by atoms with E-state index in [-0.39, 0.29) is 11.6 Å². The molecule has 0 amide bonds. The standard InChI is InChI=1S/C11H16ClN3/c1-14-6-7-15(10(14)8-12)9-11(2-3-11)4-5-13/h6-7,10H,2-4,8-9H2,1H3. The minimum Gasteiger partial charge on any atom is -0.358 e. The van der Waals surface area contributed by atoms with Crippen LogP contribution in [0.25, 0.3) is 0 Å². The minimum atomic E-state index is 0.259. The highest BCUT2D eigenvalue weighted by molar-refractivity contribution is 6.18. The van der Waals surface area contributed by atoms with E-state index < -0.39 is 0 Å². The van der Waals surface area contributed by atoms with Gasteiger partial charge in [0.1, 0.15) is 6.17 Å². The van der Waals surface area contributed by atoms with Gasteiger partial charge in [-0.1, -0.05) is 0 Å². The minimum absolute atomic E-state index is 0.259. The Hall–Kier alpha value is -0.880. The van der Waals surface area contributed by atoms with Crippen LogP contribution in [0.4, 0.5) is 0 Å². The van der Waals surface area contributed by atoms with Crippen molar-refractivity contribution in [2.45, 2.75) is 25.4 Å². The monoisotopic (exact) mass is 225 g/mol. The summed E-state index contributed by atoms with van der Waals surface area (Å²) in [5.74, 6) is 0.603. The highest BCUT2D eigenvalue weighted by atomic mass is 35.5. The van der Waals surface area contributed by atoms with Crippen LogP contribution in [0, 0.1) is 16.7 Å². The van der Waals surface area contributed by atoms with Gasteiger partial charge in [-0.25, -0.2) is 0 Å². The topological polar surface area (TPSA) is 30.3 Å². The lowest BCUT2D eigenvalue weighted by atomic mass is 10.0. The lowest BCUT2D eigenvalue weighted by Crippen LogP contribution is -2.40. The second-order valence-corrected chi connectivity index (χ2v) is 4.91. The van der Waals surface area contributed by atoms with Gasteiger partial charge in [-0.05, 0) is 12.8 Å². The summed E-state index contributed by atoms with van der Waals surface area (Å²) >= 11 is 5.94. The SMILES string of the molecule is CN1C=CN(CC2(CC#N)CC2)C1CCl. The van der Waals surface area contributed by atoms with Crippen molar-refractivity contribution in [2.75, 3.05) is 19.5 Å². The van der Waals surface area contributed by atoms with E-state index in [9.17, 15) is 0 Å². The van der Waals surface area contributed by atoms with Crippen LogP contribution in [0.3, 0.4) is 0 Å². The fraction of sp³-hybridized carbons (Fsp3) is 0.727. The van der Waals surface area contributed by atoms with E-state index in [1.165, 1.54) is 12.8 Å². The fourth-order valence-corrected chi connectivity index (χ4v) is 2.50. The summed E-state index contributed by atoms with van der Waals surface area (Å²) < 4.78 is 0. The molecule has 2 aliphatic rings. The molecule has 0 spiro atoms. The second-order valence-electron chi connectivity index (χ2n) is 4.61. The summed E-state index contributed by atoms with van der Waals surface area (Å²) in [6.45, 7) is 0.971. The molecule has 0 bridgehead atoms. The Labute approximate surface area is 95.9 Å². The van der Waals surface area contributed by atoms with Crippen LogP contribution in [-0.4, -0.2) is 35.4 Å². The van der Waals surface area contributed by atoms with Crippen LogP contribution < -0.4 is 0 Å². The summed E-state index contributed by atoms with van der Waals surface area (Å²) in [4.78, 5) is 4.38. The fourth-order valence-electron chi connectivity index (χ4n) is 2.10. The molecule has 0 saturated heterocycles. The summed E-state index contributed by atoms with van der Waals surface area (Å²) in [6.07, 6.45) is 7.45. The molecule has 0 aromatic rings. The Bertz CT molecular complexity index is 303. The molecule has 1 heterocycles. The van der Waals surface area contributed by atoms with Gasteiger partial charge in [-0.2, -0.15) is 5.26 Å². The number of alkyl halides is 1. The third-order valence-corrected chi connectivity index (χ3v) is 3.69. The molecule has 1 atom stereocenters. The van der Waals surface area contributed by atoms with Gasteiger partial charge in [0.25, 0.3) is 0 Å². The molecule has 0 N–H and O–H groups in total. The normalized spacial score (nSPS) is 26.9. The maximum atomic E-state index is 8.77. The number of nitrogens with zero attached hydrogens (tertiary/aromatic N) is 3. The van der Waals surface area contributed by atoms with Crippen molar-refractivity contribution in [3.63, 3.8) is 0 Å². The Morgan fingerprint density at radius 2 is 2.27 bits per heavy atom. The van der Waals surface area contributed by atoms with Gasteiger partial charge in [-0.15, -0.1) is 11.6 Å². The summed E-state index contributed by atoms with van der Waals surface area (Å²) in [5.41, 5.74) is 0.259. The molecular weight excluding hydrogens is 210 g/mol. The molecule has 15 heavy (non-hydrogen) atoms. The molecule has 1 unspecified atom stereocenters. The van der Waals surface area contributed by atoms with Crippen molar-refractivity contribution >= 4 is 11.6 Å². The molecule has 1 saturated carbocycles. The molecule has 1 aliphatic heterocycles. The summed E-state index contributed by atoms with van der Waals surface area (Å²) in [5, 5.41) is 8.77. The first kappa shape index (κ1) is 10.6. The van der Waals surface area contributed by atoms with Crippen molar-refractivity contribution in [1.82, 2.24) is 9.80 Å². The van der Waals surface area contributed by atoms with Crippen LogP contribution >= 0.6 is 11.6 Å². The van der Waals surface area contributed by atoms with E-state index in [1.54, 1.807) is 0 Å². The lowest BCUT2D eigenvalue weighted by molar-refractivity contribution is 0.169. The maximum absolute atomic E-state index is 8.77. The molecular formula is C11H16ClN3. The van der Waals surface area contributed by atoms with Gasteiger partial charge >= 0.3 is 0 Å². The highest BCUT2D eigenvalue weighted by Gasteiger charge is 2.45. The lowest BCUT2D eigenvalue weighted by Gasteiger charge is -2.31. The number of nitriles is 1. The summed E-state index contributed by atoms with van der Waals surface area (Å²) in [7, 11) is 2.04. The van der Waals surface area contributed by atoms with Crippen LogP contribution in [0.15, 0.2) is 12.4 Å². The maximum Gasteiger partial charge on any atom is 0.114 e. The Kier molecular flexibility index (Phi) is 2.79. The predicted molar refractivity (Wildman–Crippen MR) is 60.0 cm³/mol. The predicted octanol–water partition coefficient (Wildman–Crippen LogP) is 1.96. The molecule has 1 aliphatic carbocycles. The molecule has 3 nitrogen and oxygen atoms in total. The molecule has 0 radical (unpaired) electrons. The highest BCUT2D eigenvalue weighted by Crippen LogP contribution is 2.49. The molecule has 82 valence electrons. The molecule has 0 aromatic carbocycles. The zero-order valence-electron chi connectivity index (χ0n) is 8.99. The molecule has 4 heteroatoms. The van der Waals surface area contributed by atoms with Gasteiger partial charge in [0.2, 0.25) is 0 Å². The quantitative estimate of drug-likeness (QED) is 0.686. The molecule has 0 aromatic heterocycles. The third-order valence-electron chi connectivity index (χ3n) is 3.41. The van der Waals surface area contributed by atoms with Crippen LogP contribution in [-0.2, 0) is 0 Å². The van der Waals surface area contributed by atoms with E-state index in [0.29, 0.717) is 12.3 Å². The number of hydrogen-bond donors (Lipinski definition) is 0. The number of rotatable bonds is 4. The van der Waals surface area contributed by atoms with Crippen molar-refractivity contribution < 1.29 is 0 Å². The molecule has 2 rings (SSSR count). The van der Waals surface area contributed by atoms with Crippen molar-refractivity contribution in [3.05, 3.63) is 12.4 Å². The van der Waals surface area contributed by atoms with Gasteiger partial charge in [0.05, 0.1) is 11.9 Å². The van der Waals surface area contributed by atoms with Crippen LogP contribution in [0.2, 0.25) is 0 Å². The van der Waals surface area contributed by atoms with E-state index in [1.807, 2.05) is 7.05 Å². The largest absolute Gasteiger partial charge is 0.358 e. The van der Waals surface area contributed by atoms with Crippen molar-refractivity contribution in [3.8, 4) is 6.07 Å². The Morgan fingerprint density at radius 3 is 2.80 bits per heavy atom. The van der Waals surface area contributed by atoms with Gasteiger partial charge in [-0.3, -0.25) is 0 Å². The Morgan fingerprint density at radius 1 is 1.53 bits per heavy atom. The van der Waals surface area contributed by atoms with Crippen LogP contribution in [0.1, 0.15) is 19.3 Å². The Balaban J connectivity index is 1.95. The van der Waals surface area contributed by atoms with E-state index in [0.717, 1.165) is 6.54 Å². The number of halogens is 1. The van der Waals surface area contributed by atoms with E-state index in [4.69, 9.17) is 16.9 Å². The first-order valence-electron chi connectivity index (χ1n) is 5.30. The summed E-state index contributed by atoms with van der Waals surface area (Å²) in [6, 6.07) is 2.29. The number of hydrogen-bond acceptors (Lipinski definition) is 3. The van der Waals surface area contributed by atoms with Gasteiger partial charge < -0.3 is 9.80 Å². The zero-order valence-corrected chi connectivity index (χ0v) is 9.74. The van der Waals surface area contributed by atoms with E-state index >= 15 is 0 Å². The smallest absolute Gasteiger partial charge is 0.114 e. The van der Waals surface area contributed by atoms with Crippen molar-refractivity contribution in [1.29, 1.82) is 5.26 Å². The third kappa shape index (κ3) is 2.05.